The van der Waals surface area contributed by atoms with Crippen LogP contribution in [-0.4, -0.2) is 15.0 Å². The van der Waals surface area contributed by atoms with E-state index in [0.717, 1.165) is 12.8 Å². The summed E-state index contributed by atoms with van der Waals surface area (Å²) >= 11 is 0. The van der Waals surface area contributed by atoms with Gasteiger partial charge in [-0.1, -0.05) is 45.4 Å². The van der Waals surface area contributed by atoms with Gasteiger partial charge < -0.3 is 0 Å². The van der Waals surface area contributed by atoms with Crippen molar-refractivity contribution in [2.45, 2.75) is 38.5 Å². The number of rotatable bonds is 6. The smallest absolute Gasteiger partial charge is 0.211 e. The molecule has 0 spiro atoms. The van der Waals surface area contributed by atoms with Crippen molar-refractivity contribution in [3.63, 3.8) is 0 Å². The van der Waals surface area contributed by atoms with Gasteiger partial charge in [0.2, 0.25) is 10.0 Å². The van der Waals surface area contributed by atoms with Gasteiger partial charge in [0, 0.05) is 6.54 Å². The van der Waals surface area contributed by atoms with Crippen LogP contribution in [0.4, 0.5) is 0 Å². The largest absolute Gasteiger partial charge is 0.240 e. The van der Waals surface area contributed by atoms with E-state index in [1.165, 1.54) is 0 Å². The second kappa shape index (κ2) is 5.65. The van der Waals surface area contributed by atoms with E-state index in [9.17, 15) is 8.42 Å². The number of benzene rings is 1. The van der Waals surface area contributed by atoms with Crippen molar-refractivity contribution in [2.75, 3.05) is 6.54 Å². The zero-order valence-corrected chi connectivity index (χ0v) is 11.5. The van der Waals surface area contributed by atoms with Crippen LogP contribution in [0.15, 0.2) is 35.2 Å². The molecule has 96 valence electrons. The standard InChI is InChI=1S/C13H21NO2S/c1-4-10-13(2,3)11-14-17(15,16)12-8-6-5-7-9-12/h5-9,14H,4,10-11H2,1-3H3. The molecule has 1 aromatic rings. The second-order valence-electron chi connectivity index (χ2n) is 5.05. The molecule has 0 aliphatic rings. The van der Waals surface area contributed by atoms with Crippen LogP contribution in [0.2, 0.25) is 0 Å². The Balaban J connectivity index is 2.69. The van der Waals surface area contributed by atoms with Gasteiger partial charge in [0.05, 0.1) is 4.90 Å². The van der Waals surface area contributed by atoms with E-state index < -0.39 is 10.0 Å². The fraction of sp³-hybridized carbons (Fsp3) is 0.538. The molecule has 4 heteroatoms. The Morgan fingerprint density at radius 2 is 1.76 bits per heavy atom. The molecule has 0 fully saturated rings. The van der Waals surface area contributed by atoms with Crippen molar-refractivity contribution >= 4 is 10.0 Å². The molecule has 0 bridgehead atoms. The lowest BCUT2D eigenvalue weighted by Crippen LogP contribution is -2.33. The van der Waals surface area contributed by atoms with Crippen LogP contribution in [0, 0.1) is 5.41 Å². The minimum atomic E-state index is -3.36. The van der Waals surface area contributed by atoms with Crippen LogP contribution in [-0.2, 0) is 10.0 Å². The third kappa shape index (κ3) is 4.48. The van der Waals surface area contributed by atoms with Crippen molar-refractivity contribution in [1.29, 1.82) is 0 Å². The van der Waals surface area contributed by atoms with Gasteiger partial charge in [0.25, 0.3) is 0 Å². The normalized spacial score (nSPS) is 12.6. The Morgan fingerprint density at radius 1 is 1.18 bits per heavy atom. The molecule has 1 N–H and O–H groups in total. The van der Waals surface area contributed by atoms with Crippen molar-refractivity contribution in [3.05, 3.63) is 30.3 Å². The first-order chi connectivity index (χ1) is 7.87. The van der Waals surface area contributed by atoms with Gasteiger partial charge in [0.1, 0.15) is 0 Å². The van der Waals surface area contributed by atoms with Gasteiger partial charge in [-0.3, -0.25) is 0 Å². The number of nitrogens with one attached hydrogen (secondary N) is 1. The molecule has 0 saturated heterocycles. The van der Waals surface area contributed by atoms with Gasteiger partial charge in [-0.05, 0) is 24.0 Å². The predicted octanol–water partition coefficient (Wildman–Crippen LogP) is 2.79. The first-order valence-corrected chi connectivity index (χ1v) is 7.40. The van der Waals surface area contributed by atoms with Crippen LogP contribution in [0.25, 0.3) is 0 Å². The zero-order chi connectivity index (χ0) is 12.9. The number of hydrogen-bond donors (Lipinski definition) is 1. The Bertz CT molecular complexity index is 438. The molecule has 0 unspecified atom stereocenters. The minimum Gasteiger partial charge on any atom is -0.211 e. The van der Waals surface area contributed by atoms with E-state index in [0.29, 0.717) is 11.4 Å². The maximum Gasteiger partial charge on any atom is 0.240 e. The number of sulfonamides is 1. The van der Waals surface area contributed by atoms with E-state index in [4.69, 9.17) is 0 Å². The van der Waals surface area contributed by atoms with Crippen molar-refractivity contribution in [2.24, 2.45) is 5.41 Å². The third-order valence-electron chi connectivity index (χ3n) is 2.72. The summed E-state index contributed by atoms with van der Waals surface area (Å²) in [6, 6.07) is 8.47. The highest BCUT2D eigenvalue weighted by atomic mass is 32.2. The molecule has 0 radical (unpaired) electrons. The average Bonchev–Trinajstić information content (AvgIpc) is 2.28. The highest BCUT2D eigenvalue weighted by molar-refractivity contribution is 7.89. The molecule has 0 amide bonds. The SMILES string of the molecule is CCCC(C)(C)CNS(=O)(=O)c1ccccc1. The minimum absolute atomic E-state index is 0.00337. The summed E-state index contributed by atoms with van der Waals surface area (Å²) in [6.45, 7) is 6.72. The first-order valence-electron chi connectivity index (χ1n) is 5.92. The molecule has 0 atom stereocenters. The molecule has 1 aromatic carbocycles. The van der Waals surface area contributed by atoms with Gasteiger partial charge in [0.15, 0.2) is 0 Å². The quantitative estimate of drug-likeness (QED) is 0.849. The lowest BCUT2D eigenvalue weighted by atomic mass is 9.88. The lowest BCUT2D eigenvalue weighted by molar-refractivity contribution is 0.330. The van der Waals surface area contributed by atoms with E-state index >= 15 is 0 Å². The fourth-order valence-electron chi connectivity index (χ4n) is 1.74. The van der Waals surface area contributed by atoms with Crippen LogP contribution >= 0.6 is 0 Å². The summed E-state index contributed by atoms with van der Waals surface area (Å²) in [7, 11) is -3.36. The highest BCUT2D eigenvalue weighted by Gasteiger charge is 2.21. The predicted molar refractivity (Wildman–Crippen MR) is 70.3 cm³/mol. The molecular weight excluding hydrogens is 234 g/mol. The van der Waals surface area contributed by atoms with Crippen LogP contribution in [0.1, 0.15) is 33.6 Å². The van der Waals surface area contributed by atoms with Crippen molar-refractivity contribution < 1.29 is 8.42 Å². The summed E-state index contributed by atoms with van der Waals surface area (Å²) in [6.07, 6.45) is 2.06. The van der Waals surface area contributed by atoms with Crippen LogP contribution in [0.3, 0.4) is 0 Å². The third-order valence-corrected chi connectivity index (χ3v) is 4.14. The van der Waals surface area contributed by atoms with E-state index in [1.807, 2.05) is 0 Å². The highest BCUT2D eigenvalue weighted by Crippen LogP contribution is 2.21. The van der Waals surface area contributed by atoms with E-state index in [1.54, 1.807) is 30.3 Å². The zero-order valence-electron chi connectivity index (χ0n) is 10.7. The monoisotopic (exact) mass is 255 g/mol. The Labute approximate surface area is 104 Å². The first kappa shape index (κ1) is 14.2. The molecule has 0 aliphatic heterocycles. The average molecular weight is 255 g/mol. The molecule has 0 saturated carbocycles. The molecule has 1 rings (SSSR count). The molecule has 0 aliphatic carbocycles. The Hall–Kier alpha value is -0.870. The fourth-order valence-corrected chi connectivity index (χ4v) is 3.00. The van der Waals surface area contributed by atoms with Crippen molar-refractivity contribution in [1.82, 2.24) is 4.72 Å². The van der Waals surface area contributed by atoms with Gasteiger partial charge in [-0.25, -0.2) is 13.1 Å². The number of hydrogen-bond acceptors (Lipinski definition) is 2. The summed E-state index contributed by atoms with van der Waals surface area (Å²) in [5, 5.41) is 0. The summed E-state index contributed by atoms with van der Waals surface area (Å²) in [4.78, 5) is 0.326. The van der Waals surface area contributed by atoms with Gasteiger partial charge >= 0.3 is 0 Å². The van der Waals surface area contributed by atoms with E-state index in [2.05, 4.69) is 25.5 Å². The molecule has 3 nitrogen and oxygen atoms in total. The Morgan fingerprint density at radius 3 is 2.29 bits per heavy atom. The second-order valence-corrected chi connectivity index (χ2v) is 6.82. The summed E-state index contributed by atoms with van der Waals surface area (Å²) < 4.78 is 26.6. The van der Waals surface area contributed by atoms with Crippen LogP contribution in [0.5, 0.6) is 0 Å². The topological polar surface area (TPSA) is 46.2 Å². The lowest BCUT2D eigenvalue weighted by Gasteiger charge is -2.24. The molecule has 0 aromatic heterocycles. The Kier molecular flexibility index (Phi) is 4.71. The van der Waals surface area contributed by atoms with E-state index in [-0.39, 0.29) is 5.41 Å². The summed E-state index contributed by atoms with van der Waals surface area (Å²) in [5.41, 5.74) is -0.00337. The molecule has 0 heterocycles. The van der Waals surface area contributed by atoms with Crippen molar-refractivity contribution in [3.8, 4) is 0 Å². The maximum atomic E-state index is 12.0. The molecule has 17 heavy (non-hydrogen) atoms. The maximum absolute atomic E-state index is 12.0. The van der Waals surface area contributed by atoms with Gasteiger partial charge in [-0.2, -0.15) is 0 Å². The molecular formula is C13H21NO2S. The summed E-state index contributed by atoms with van der Waals surface area (Å²) in [5.74, 6) is 0. The van der Waals surface area contributed by atoms with Crippen LogP contribution < -0.4 is 4.72 Å². The van der Waals surface area contributed by atoms with Gasteiger partial charge in [-0.15, -0.1) is 0 Å².